The first kappa shape index (κ1) is 25.3. The number of fused-ring (bicyclic) bond motifs is 4. The highest BCUT2D eigenvalue weighted by Crippen LogP contribution is 2.39. The van der Waals surface area contributed by atoms with E-state index in [0.717, 1.165) is 59.5 Å². The molecule has 1 aliphatic rings. The number of rotatable bonds is 4. The Bertz CT molecular complexity index is 1010. The maximum Gasteiger partial charge on any atom is 0.213 e. The Labute approximate surface area is 182 Å². The van der Waals surface area contributed by atoms with E-state index < -0.39 is 0 Å². The highest BCUT2D eigenvalue weighted by Gasteiger charge is 2.27. The summed E-state index contributed by atoms with van der Waals surface area (Å²) < 4.78 is 24.3. The number of benzene rings is 2. The lowest BCUT2D eigenvalue weighted by atomic mass is 9.95. The molecule has 1 aliphatic heterocycles. The number of ether oxygens (including phenoxy) is 4. The van der Waals surface area contributed by atoms with Gasteiger partial charge in [0, 0.05) is 19.6 Å². The van der Waals surface area contributed by atoms with Crippen LogP contribution in [0, 0.1) is 0 Å². The largest absolute Gasteiger partial charge is 1.00 e. The first-order valence-corrected chi connectivity index (χ1v) is 8.98. The maximum atomic E-state index is 7.00. The molecule has 0 fully saturated rings. The minimum absolute atomic E-state index is 0. The van der Waals surface area contributed by atoms with Crippen LogP contribution in [0.5, 0.6) is 23.0 Å². The number of methoxy groups -OCH3 is 4. The van der Waals surface area contributed by atoms with E-state index in [-0.39, 0.29) is 17.9 Å². The molecule has 0 atom stereocenters. The van der Waals surface area contributed by atoms with Gasteiger partial charge in [-0.05, 0) is 35.2 Å². The second-order valence-electron chi connectivity index (χ2n) is 6.27. The fourth-order valence-electron chi connectivity index (χ4n) is 3.71. The molecule has 1 aromatic heterocycles. The molecule has 2 heterocycles. The van der Waals surface area contributed by atoms with Crippen molar-refractivity contribution in [3.63, 3.8) is 0 Å². The maximum absolute atomic E-state index is 7.00. The van der Waals surface area contributed by atoms with Crippen LogP contribution in [-0.2, 0) is 13.0 Å². The summed E-state index contributed by atoms with van der Waals surface area (Å²) in [5.74, 6) is 3.01. The first-order valence-electron chi connectivity index (χ1n) is 8.98. The molecule has 0 unspecified atom stereocenters. The summed E-state index contributed by atoms with van der Waals surface area (Å²) in [5, 5.41) is 9.15. The van der Waals surface area contributed by atoms with Gasteiger partial charge in [0.1, 0.15) is 0 Å². The number of aromatic nitrogens is 1. The molecule has 164 valence electrons. The smallest absolute Gasteiger partial charge is 0.213 e. The molecule has 0 saturated carbocycles. The summed E-state index contributed by atoms with van der Waals surface area (Å²) in [6.07, 6.45) is 3.08. The van der Waals surface area contributed by atoms with E-state index in [4.69, 9.17) is 24.1 Å². The van der Waals surface area contributed by atoms with Gasteiger partial charge in [0.25, 0.3) is 0 Å². The molecule has 4 rings (SSSR count). The van der Waals surface area contributed by atoms with Crippen molar-refractivity contribution >= 4 is 10.8 Å². The summed E-state index contributed by atoms with van der Waals surface area (Å²) in [6.45, 7) is 0.897. The van der Waals surface area contributed by atoms with Gasteiger partial charge in [-0.25, -0.2) is 0 Å². The number of halogens is 1. The Kier molecular flexibility index (Phi) is 9.17. The van der Waals surface area contributed by atoms with Crippen molar-refractivity contribution in [2.45, 2.75) is 13.0 Å². The van der Waals surface area contributed by atoms with Gasteiger partial charge < -0.3 is 41.9 Å². The second kappa shape index (κ2) is 10.9. The van der Waals surface area contributed by atoms with E-state index in [2.05, 4.69) is 35.0 Å². The molecule has 3 aromatic rings. The van der Waals surface area contributed by atoms with Crippen LogP contribution in [0.4, 0.5) is 0 Å². The van der Waals surface area contributed by atoms with Crippen LogP contribution in [0.3, 0.4) is 0 Å². The molecule has 0 amide bonds. The molecule has 0 aliphatic carbocycles. The molecule has 3 N–H and O–H groups in total. The Morgan fingerprint density at radius 2 is 1.47 bits per heavy atom. The highest BCUT2D eigenvalue weighted by atomic mass is 35.5. The fourth-order valence-corrected chi connectivity index (χ4v) is 3.71. The Balaban J connectivity index is 0.00000109. The SMILES string of the molecule is CO.COc1cc2c(cc1OC)-c1cc3ccc(OC)c(OC)c3c[n+]1CC2.O.[Cl-]. The number of aliphatic hydroxyl groups is 1. The van der Waals surface area contributed by atoms with Crippen molar-refractivity contribution in [2.75, 3.05) is 35.5 Å². The van der Waals surface area contributed by atoms with Crippen LogP contribution in [-0.4, -0.2) is 46.1 Å². The molecule has 2 aromatic carbocycles. The lowest BCUT2D eigenvalue weighted by Gasteiger charge is -2.19. The Morgan fingerprint density at radius 1 is 0.833 bits per heavy atom. The van der Waals surface area contributed by atoms with Crippen molar-refractivity contribution in [2.24, 2.45) is 0 Å². The molecule has 7 nitrogen and oxygen atoms in total. The molecular weight excluding hydrogens is 410 g/mol. The normalized spacial score (nSPS) is 10.9. The summed E-state index contributed by atoms with van der Waals surface area (Å²) in [5.41, 5.74) is 3.60. The Morgan fingerprint density at radius 3 is 2.07 bits per heavy atom. The number of aryl methyl sites for hydroxylation is 2. The molecule has 0 spiro atoms. The van der Waals surface area contributed by atoms with E-state index >= 15 is 0 Å². The number of aliphatic hydroxyl groups excluding tert-OH is 1. The Hall–Kier alpha value is -2.74. The van der Waals surface area contributed by atoms with Gasteiger partial charge in [0.2, 0.25) is 5.69 Å². The third kappa shape index (κ3) is 4.23. The van der Waals surface area contributed by atoms with Crippen LogP contribution in [0.1, 0.15) is 5.56 Å². The quantitative estimate of drug-likeness (QED) is 0.538. The summed E-state index contributed by atoms with van der Waals surface area (Å²) in [7, 11) is 7.67. The van der Waals surface area contributed by atoms with Gasteiger partial charge in [0.15, 0.2) is 35.7 Å². The lowest BCUT2D eigenvalue weighted by Crippen LogP contribution is -3.00. The molecule has 0 bridgehead atoms. The first-order chi connectivity index (χ1) is 13.7. The molecule has 8 heteroatoms. The van der Waals surface area contributed by atoms with Crippen molar-refractivity contribution in [1.82, 2.24) is 0 Å². The van der Waals surface area contributed by atoms with Crippen molar-refractivity contribution in [3.05, 3.63) is 42.1 Å². The summed E-state index contributed by atoms with van der Waals surface area (Å²) >= 11 is 0. The zero-order valence-corrected chi connectivity index (χ0v) is 18.5. The molecular formula is C22H28ClNO6. The van der Waals surface area contributed by atoms with Gasteiger partial charge in [-0.2, -0.15) is 4.57 Å². The average Bonchev–Trinajstić information content (AvgIpc) is 2.77. The van der Waals surface area contributed by atoms with E-state index in [9.17, 15) is 0 Å². The third-order valence-corrected chi connectivity index (χ3v) is 5.01. The van der Waals surface area contributed by atoms with Gasteiger partial charge in [-0.15, -0.1) is 0 Å². The van der Waals surface area contributed by atoms with Crippen molar-refractivity contribution in [3.8, 4) is 34.3 Å². The van der Waals surface area contributed by atoms with E-state index in [0.29, 0.717) is 0 Å². The summed E-state index contributed by atoms with van der Waals surface area (Å²) in [6, 6.07) is 10.3. The third-order valence-electron chi connectivity index (χ3n) is 5.01. The van der Waals surface area contributed by atoms with Crippen LogP contribution in [0.2, 0.25) is 0 Å². The topological polar surface area (TPSA) is 92.5 Å². The van der Waals surface area contributed by atoms with Gasteiger partial charge in [-0.1, -0.05) is 0 Å². The zero-order chi connectivity index (χ0) is 20.3. The minimum atomic E-state index is 0. The van der Waals surface area contributed by atoms with Crippen LogP contribution in [0.25, 0.3) is 22.0 Å². The predicted octanol–water partition coefficient (Wildman–Crippen LogP) is -0.827. The molecule has 0 saturated heterocycles. The van der Waals surface area contributed by atoms with Crippen molar-refractivity contribution in [1.29, 1.82) is 0 Å². The van der Waals surface area contributed by atoms with E-state index in [1.807, 2.05) is 6.07 Å². The van der Waals surface area contributed by atoms with E-state index in [1.165, 1.54) is 11.1 Å². The monoisotopic (exact) mass is 437 g/mol. The molecule has 0 radical (unpaired) electrons. The lowest BCUT2D eigenvalue weighted by molar-refractivity contribution is -0.686. The standard InChI is InChI=1S/C21H22NO4.CH4O.ClH.H2O/c1-23-18-6-5-13-9-17-15-11-20(25-3)19(24-2)10-14(15)7-8-22(17)12-16(13)21(18)26-4;1-2;;/h5-6,9-12H,7-8H2,1-4H3;2H,1H3;1H;1H2/q+1;;;/p-1. The minimum Gasteiger partial charge on any atom is -1.00 e. The number of hydrogen-bond acceptors (Lipinski definition) is 5. The number of nitrogens with zero attached hydrogens (tertiary/aromatic N) is 1. The summed E-state index contributed by atoms with van der Waals surface area (Å²) in [4.78, 5) is 0. The zero-order valence-electron chi connectivity index (χ0n) is 17.8. The number of pyridine rings is 1. The van der Waals surface area contributed by atoms with E-state index in [1.54, 1.807) is 28.4 Å². The second-order valence-corrected chi connectivity index (χ2v) is 6.27. The highest BCUT2D eigenvalue weighted by molar-refractivity contribution is 5.91. The van der Waals surface area contributed by atoms with Crippen LogP contribution < -0.4 is 35.9 Å². The molecule has 30 heavy (non-hydrogen) atoms. The number of hydrogen-bond donors (Lipinski definition) is 1. The van der Waals surface area contributed by atoms with Crippen LogP contribution in [0.15, 0.2) is 36.5 Å². The predicted molar refractivity (Wildman–Crippen MR) is 111 cm³/mol. The van der Waals surface area contributed by atoms with Crippen LogP contribution >= 0.6 is 0 Å². The fraction of sp³-hybridized carbons (Fsp3) is 0.318. The average molecular weight is 438 g/mol. The van der Waals surface area contributed by atoms with Gasteiger partial charge in [0.05, 0.1) is 39.4 Å². The van der Waals surface area contributed by atoms with Crippen molar-refractivity contribution < 1.29 is 46.5 Å². The van der Waals surface area contributed by atoms with Gasteiger partial charge >= 0.3 is 0 Å². The van der Waals surface area contributed by atoms with Gasteiger partial charge in [-0.3, -0.25) is 0 Å².